The molecule has 1 aromatic carbocycles. The van der Waals surface area contributed by atoms with E-state index in [-0.39, 0.29) is 6.04 Å². The lowest BCUT2D eigenvalue weighted by Crippen LogP contribution is -2.04. The molecular weight excluding hydrogens is 425 g/mol. The molecule has 128 valence electrons. The van der Waals surface area contributed by atoms with E-state index in [0.717, 1.165) is 37.9 Å². The van der Waals surface area contributed by atoms with Gasteiger partial charge in [0.2, 0.25) is 0 Å². The maximum atomic E-state index is 6.10. The number of nitrogens with zero attached hydrogens (tertiary/aromatic N) is 3. The first-order valence-electron chi connectivity index (χ1n) is 8.32. The quantitative estimate of drug-likeness (QED) is 0.421. The molecule has 0 aliphatic heterocycles. The molecule has 0 saturated heterocycles. The Labute approximate surface area is 161 Å². The van der Waals surface area contributed by atoms with Gasteiger partial charge in [0.15, 0.2) is 0 Å². The highest BCUT2D eigenvalue weighted by Gasteiger charge is 2.12. The third-order valence-electron chi connectivity index (χ3n) is 3.78. The maximum Gasteiger partial charge on any atom is 0.137 e. The molecule has 0 aliphatic rings. The van der Waals surface area contributed by atoms with Crippen molar-refractivity contribution in [2.75, 3.05) is 0 Å². The summed E-state index contributed by atoms with van der Waals surface area (Å²) in [6.07, 6.45) is 4.48. The second-order valence-electron chi connectivity index (χ2n) is 5.97. The van der Waals surface area contributed by atoms with Crippen LogP contribution in [0, 0.1) is 15.4 Å². The summed E-state index contributed by atoms with van der Waals surface area (Å²) in [6, 6.07) is 8.34. The van der Waals surface area contributed by atoms with Gasteiger partial charge in [0.05, 0.1) is 23.0 Å². The van der Waals surface area contributed by atoms with Crippen molar-refractivity contribution in [1.29, 1.82) is 0 Å². The molecule has 0 amide bonds. The zero-order valence-corrected chi connectivity index (χ0v) is 16.7. The minimum absolute atomic E-state index is 0.287. The molecule has 5 heteroatoms. The predicted octanol–water partition coefficient (Wildman–Crippen LogP) is 4.96. The first-order valence-corrected chi connectivity index (χ1v) is 9.40. The first-order chi connectivity index (χ1) is 12.1. The Hall–Kier alpha value is -2.07. The van der Waals surface area contributed by atoms with Gasteiger partial charge in [-0.3, -0.25) is 9.67 Å². The summed E-state index contributed by atoms with van der Waals surface area (Å²) in [5.41, 5.74) is 2.88. The van der Waals surface area contributed by atoms with Crippen LogP contribution in [0.2, 0.25) is 0 Å². The molecule has 0 atom stereocenters. The molecule has 0 radical (unpaired) electrons. The number of fused-ring (bicyclic) bond motifs is 1. The Balaban J connectivity index is 2.00. The van der Waals surface area contributed by atoms with Gasteiger partial charge in [0.25, 0.3) is 0 Å². The van der Waals surface area contributed by atoms with Gasteiger partial charge in [-0.25, -0.2) is 0 Å². The summed E-state index contributed by atoms with van der Waals surface area (Å²) in [7, 11) is 0. The third kappa shape index (κ3) is 3.96. The van der Waals surface area contributed by atoms with Gasteiger partial charge in [-0.2, -0.15) is 5.10 Å². The lowest BCUT2D eigenvalue weighted by Gasteiger charge is -2.12. The predicted molar refractivity (Wildman–Crippen MR) is 109 cm³/mol. The van der Waals surface area contributed by atoms with Crippen molar-refractivity contribution in [2.24, 2.45) is 0 Å². The van der Waals surface area contributed by atoms with Crippen molar-refractivity contribution >= 4 is 33.5 Å². The highest BCUT2D eigenvalue weighted by molar-refractivity contribution is 14.1. The molecule has 0 bridgehead atoms. The number of halogens is 1. The molecule has 3 rings (SSSR count). The number of ether oxygens (including phenoxy) is 1. The number of aromatic nitrogens is 3. The van der Waals surface area contributed by atoms with Crippen LogP contribution in [0.3, 0.4) is 0 Å². The van der Waals surface area contributed by atoms with Crippen LogP contribution in [0.5, 0.6) is 5.75 Å². The Kier molecular flexibility index (Phi) is 5.59. The zero-order chi connectivity index (χ0) is 17.8. The van der Waals surface area contributed by atoms with Gasteiger partial charge < -0.3 is 4.74 Å². The third-order valence-corrected chi connectivity index (χ3v) is 4.77. The van der Waals surface area contributed by atoms with Crippen LogP contribution in [-0.2, 0) is 6.61 Å². The monoisotopic (exact) mass is 445 g/mol. The molecule has 3 aromatic rings. The topological polar surface area (TPSA) is 39.9 Å². The molecule has 2 heterocycles. The second-order valence-corrected chi connectivity index (χ2v) is 7.13. The van der Waals surface area contributed by atoms with E-state index in [1.165, 1.54) is 0 Å². The molecule has 0 saturated carbocycles. The lowest BCUT2D eigenvalue weighted by molar-refractivity contribution is 0.300. The van der Waals surface area contributed by atoms with Crippen molar-refractivity contribution in [3.05, 3.63) is 51.5 Å². The largest absolute Gasteiger partial charge is 0.486 e. The van der Waals surface area contributed by atoms with Crippen LogP contribution in [0.1, 0.15) is 44.5 Å². The number of rotatable bonds is 4. The highest BCUT2D eigenvalue weighted by atomic mass is 127. The van der Waals surface area contributed by atoms with E-state index < -0.39 is 0 Å². The van der Waals surface area contributed by atoms with Crippen LogP contribution >= 0.6 is 22.6 Å². The van der Waals surface area contributed by atoms with Gasteiger partial charge in [0, 0.05) is 33.7 Å². The maximum absolute atomic E-state index is 6.10. The van der Waals surface area contributed by atoms with E-state index in [4.69, 9.17) is 4.74 Å². The van der Waals surface area contributed by atoms with E-state index in [9.17, 15) is 0 Å². The smallest absolute Gasteiger partial charge is 0.137 e. The molecule has 0 N–H and O–H groups in total. The van der Waals surface area contributed by atoms with Gasteiger partial charge in [0.1, 0.15) is 12.4 Å². The van der Waals surface area contributed by atoms with Crippen LogP contribution in [0.4, 0.5) is 0 Å². The molecule has 0 aliphatic carbocycles. The van der Waals surface area contributed by atoms with Gasteiger partial charge in [-0.05, 0) is 54.6 Å². The van der Waals surface area contributed by atoms with Gasteiger partial charge >= 0.3 is 0 Å². The number of benzene rings is 1. The van der Waals surface area contributed by atoms with E-state index in [1.807, 2.05) is 36.0 Å². The molecule has 4 nitrogen and oxygen atoms in total. The highest BCUT2D eigenvalue weighted by Crippen LogP contribution is 2.28. The van der Waals surface area contributed by atoms with Crippen molar-refractivity contribution < 1.29 is 4.74 Å². The summed E-state index contributed by atoms with van der Waals surface area (Å²) in [4.78, 5) is 4.40. The van der Waals surface area contributed by atoms with Crippen LogP contribution in [-0.4, -0.2) is 14.8 Å². The average Bonchev–Trinajstić information content (AvgIpc) is 3.01. The van der Waals surface area contributed by atoms with Crippen molar-refractivity contribution in [1.82, 2.24) is 14.8 Å². The molecule has 0 spiro atoms. The van der Waals surface area contributed by atoms with E-state index in [2.05, 4.69) is 64.4 Å². The second kappa shape index (κ2) is 7.87. The van der Waals surface area contributed by atoms with Crippen LogP contribution in [0.25, 0.3) is 10.9 Å². The summed E-state index contributed by atoms with van der Waals surface area (Å²) in [5.74, 6) is 7.12. The summed E-state index contributed by atoms with van der Waals surface area (Å²) in [6.45, 7) is 6.70. The fraction of sp³-hybridized carbons (Fsp3) is 0.300. The van der Waals surface area contributed by atoms with Gasteiger partial charge in [-0.1, -0.05) is 18.8 Å². The Bertz CT molecular complexity index is 950. The minimum atomic E-state index is 0.287. The Morgan fingerprint density at radius 1 is 1.32 bits per heavy atom. The van der Waals surface area contributed by atoms with Crippen molar-refractivity contribution in [3.8, 4) is 17.6 Å². The van der Waals surface area contributed by atoms with E-state index in [0.29, 0.717) is 6.61 Å². The number of hydrogen-bond acceptors (Lipinski definition) is 3. The average molecular weight is 445 g/mol. The van der Waals surface area contributed by atoms with Crippen LogP contribution in [0.15, 0.2) is 36.7 Å². The van der Waals surface area contributed by atoms with Crippen LogP contribution < -0.4 is 4.74 Å². The molecule has 0 fully saturated rings. The summed E-state index contributed by atoms with van der Waals surface area (Å²) in [5, 5.41) is 5.57. The number of pyridine rings is 1. The van der Waals surface area contributed by atoms with Gasteiger partial charge in [-0.15, -0.1) is 0 Å². The lowest BCUT2D eigenvalue weighted by atomic mass is 10.1. The molecule has 2 aromatic heterocycles. The molecular formula is C20H20IN3O. The summed E-state index contributed by atoms with van der Waals surface area (Å²) >= 11 is 2.28. The standard InChI is InChI=1S/C20H20IN3O/c1-4-5-7-15-10-16-12-23-24(14(2)3)19(16)11-20(15)25-13-18-17(21)8-6-9-22-18/h6,8-12,14H,4,13H2,1-3H3. The number of hydrogen-bond donors (Lipinski definition) is 0. The molecule has 25 heavy (non-hydrogen) atoms. The minimum Gasteiger partial charge on any atom is -0.486 e. The SMILES string of the molecule is CCC#Cc1cc2cnn(C(C)C)c2cc1OCc1ncccc1I. The van der Waals surface area contributed by atoms with Crippen molar-refractivity contribution in [3.63, 3.8) is 0 Å². The normalized spacial score (nSPS) is 10.8. The molecule has 0 unspecified atom stereocenters. The van der Waals surface area contributed by atoms with E-state index >= 15 is 0 Å². The Morgan fingerprint density at radius 2 is 2.16 bits per heavy atom. The fourth-order valence-corrected chi connectivity index (χ4v) is 3.06. The van der Waals surface area contributed by atoms with E-state index in [1.54, 1.807) is 6.20 Å². The Morgan fingerprint density at radius 3 is 2.88 bits per heavy atom. The zero-order valence-electron chi connectivity index (χ0n) is 14.6. The fourth-order valence-electron chi connectivity index (χ4n) is 2.56. The van der Waals surface area contributed by atoms with Crippen molar-refractivity contribution in [2.45, 2.75) is 39.8 Å². The first kappa shape index (κ1) is 17.7. The summed E-state index contributed by atoms with van der Waals surface area (Å²) < 4.78 is 9.20.